The molecular formula is C5H4NO2. The van der Waals surface area contributed by atoms with Crippen LogP contribution in [0.2, 0.25) is 0 Å². The van der Waals surface area contributed by atoms with Crippen LogP contribution in [-0.2, 0) is 0 Å². The lowest BCUT2D eigenvalue weighted by molar-refractivity contribution is 0.104. The van der Waals surface area contributed by atoms with Crippen LogP contribution in [0.1, 0.15) is 10.4 Å². The highest BCUT2D eigenvalue weighted by Crippen LogP contribution is 1.94. The third-order valence-electron chi connectivity index (χ3n) is 0.754. The van der Waals surface area contributed by atoms with Gasteiger partial charge in [-0.3, -0.25) is 4.79 Å². The van der Waals surface area contributed by atoms with Crippen LogP contribution in [0.4, 0.5) is 0 Å². The van der Waals surface area contributed by atoms with Gasteiger partial charge in [-0.2, -0.15) is 0 Å². The molecule has 0 unspecified atom stereocenters. The van der Waals surface area contributed by atoms with Crippen LogP contribution < -0.4 is 0 Å². The molecule has 0 atom stereocenters. The van der Waals surface area contributed by atoms with E-state index >= 15 is 0 Å². The second-order valence-corrected chi connectivity index (χ2v) is 1.34. The summed E-state index contributed by atoms with van der Waals surface area (Å²) in [5, 5.41) is 3.31. The van der Waals surface area contributed by atoms with Crippen LogP contribution in [0.15, 0.2) is 17.0 Å². The Balaban J connectivity index is 2.93. The zero-order valence-electron chi connectivity index (χ0n) is 4.13. The number of rotatable bonds is 1. The molecule has 0 aromatic carbocycles. The summed E-state index contributed by atoms with van der Waals surface area (Å²) in [6, 6.07) is 0. The number of carbonyl (C=O) groups is 1. The van der Waals surface area contributed by atoms with Gasteiger partial charge in [-0.1, -0.05) is 5.16 Å². The normalized spacial score (nSPS) is 9.12. The molecule has 0 aliphatic rings. The van der Waals surface area contributed by atoms with Gasteiger partial charge in [0, 0.05) is 6.92 Å². The van der Waals surface area contributed by atoms with Gasteiger partial charge in [0.25, 0.3) is 0 Å². The predicted molar refractivity (Wildman–Crippen MR) is 26.2 cm³/mol. The lowest BCUT2D eigenvalue weighted by Gasteiger charge is -1.75. The van der Waals surface area contributed by atoms with Crippen molar-refractivity contribution in [3.63, 3.8) is 0 Å². The lowest BCUT2D eigenvalue weighted by Crippen LogP contribution is -1.86. The summed E-state index contributed by atoms with van der Waals surface area (Å²) in [5.41, 5.74) is 0.407. The molecule has 0 bridgehead atoms. The molecule has 0 N–H and O–H groups in total. The minimum atomic E-state index is -0.272. The Morgan fingerprint density at radius 2 is 2.62 bits per heavy atom. The van der Waals surface area contributed by atoms with Crippen molar-refractivity contribution in [1.29, 1.82) is 0 Å². The van der Waals surface area contributed by atoms with Crippen LogP contribution in [0, 0.1) is 6.92 Å². The van der Waals surface area contributed by atoms with E-state index in [4.69, 9.17) is 0 Å². The van der Waals surface area contributed by atoms with Crippen molar-refractivity contribution in [3.05, 3.63) is 24.9 Å². The highest BCUT2D eigenvalue weighted by molar-refractivity contribution is 5.98. The Hall–Kier alpha value is -1.12. The van der Waals surface area contributed by atoms with Gasteiger partial charge in [-0.15, -0.1) is 0 Å². The van der Waals surface area contributed by atoms with Crippen molar-refractivity contribution in [2.24, 2.45) is 0 Å². The summed E-state index contributed by atoms with van der Waals surface area (Å²) in [6.45, 7) is 3.14. The summed E-state index contributed by atoms with van der Waals surface area (Å²) < 4.78 is 4.36. The van der Waals surface area contributed by atoms with Crippen molar-refractivity contribution in [2.75, 3.05) is 0 Å². The Kier molecular flexibility index (Phi) is 1.12. The zero-order valence-corrected chi connectivity index (χ0v) is 4.13. The number of aromatic nitrogens is 1. The van der Waals surface area contributed by atoms with Crippen LogP contribution in [-0.4, -0.2) is 10.9 Å². The van der Waals surface area contributed by atoms with Crippen molar-refractivity contribution in [2.45, 2.75) is 0 Å². The first kappa shape index (κ1) is 5.03. The molecule has 0 saturated heterocycles. The topological polar surface area (TPSA) is 43.1 Å². The molecule has 0 fully saturated rings. The van der Waals surface area contributed by atoms with E-state index in [1.54, 1.807) is 0 Å². The summed E-state index contributed by atoms with van der Waals surface area (Å²) >= 11 is 0. The second kappa shape index (κ2) is 1.78. The van der Waals surface area contributed by atoms with Crippen LogP contribution in [0.5, 0.6) is 0 Å². The molecule has 8 heavy (non-hydrogen) atoms. The molecule has 1 radical (unpaired) electrons. The lowest BCUT2D eigenvalue weighted by atomic mass is 10.3. The van der Waals surface area contributed by atoms with Gasteiger partial charge in [0.15, 0.2) is 5.78 Å². The Bertz CT molecular complexity index is 178. The van der Waals surface area contributed by atoms with Gasteiger partial charge >= 0.3 is 0 Å². The number of carbonyl (C=O) groups excluding carboxylic acids is 1. The fourth-order valence-electron chi connectivity index (χ4n) is 0.343. The molecule has 0 aliphatic carbocycles. The third-order valence-corrected chi connectivity index (χ3v) is 0.754. The van der Waals surface area contributed by atoms with E-state index in [2.05, 4.69) is 16.6 Å². The van der Waals surface area contributed by atoms with E-state index in [1.165, 1.54) is 12.5 Å². The van der Waals surface area contributed by atoms with Gasteiger partial charge in [0.2, 0.25) is 0 Å². The van der Waals surface area contributed by atoms with Crippen molar-refractivity contribution >= 4 is 5.78 Å². The first-order chi connectivity index (χ1) is 3.80. The predicted octanol–water partition coefficient (Wildman–Crippen LogP) is 0.691. The summed E-state index contributed by atoms with van der Waals surface area (Å²) in [7, 11) is 0. The molecule has 41 valence electrons. The fraction of sp³-hybridized carbons (Fsp3) is 0. The van der Waals surface area contributed by atoms with Crippen molar-refractivity contribution in [1.82, 2.24) is 5.16 Å². The first-order valence-corrected chi connectivity index (χ1v) is 2.06. The molecule has 3 heteroatoms. The Labute approximate surface area is 46.3 Å². The van der Waals surface area contributed by atoms with E-state index in [1.807, 2.05) is 0 Å². The van der Waals surface area contributed by atoms with Gasteiger partial charge in [-0.05, 0) is 0 Å². The summed E-state index contributed by atoms with van der Waals surface area (Å²) in [6.07, 6.45) is 2.59. The zero-order chi connectivity index (χ0) is 5.98. The van der Waals surface area contributed by atoms with E-state index in [0.717, 1.165) is 0 Å². The first-order valence-electron chi connectivity index (χ1n) is 2.06. The van der Waals surface area contributed by atoms with Gasteiger partial charge in [0.1, 0.15) is 6.26 Å². The summed E-state index contributed by atoms with van der Waals surface area (Å²) in [5.74, 6) is -0.272. The minimum Gasteiger partial charge on any atom is -0.364 e. The van der Waals surface area contributed by atoms with E-state index in [9.17, 15) is 4.79 Å². The van der Waals surface area contributed by atoms with Crippen LogP contribution >= 0.6 is 0 Å². The monoisotopic (exact) mass is 110 g/mol. The highest BCUT2D eigenvalue weighted by Gasteiger charge is 1.98. The molecule has 0 amide bonds. The SMILES string of the molecule is [CH2]C(=O)c1cnoc1. The molecular weight excluding hydrogens is 106 g/mol. The maximum absolute atomic E-state index is 10.3. The number of Topliss-reactive ketones (excluding diaryl/α,β-unsaturated/α-hetero) is 1. The minimum absolute atomic E-state index is 0.272. The van der Waals surface area contributed by atoms with Gasteiger partial charge in [0.05, 0.1) is 11.8 Å². The number of nitrogens with zero attached hydrogens (tertiary/aromatic N) is 1. The van der Waals surface area contributed by atoms with Crippen LogP contribution in [0.25, 0.3) is 0 Å². The standard InChI is InChI=1S/C5H4NO2/c1-4(7)5-2-6-8-3-5/h2-3H,1H2. The number of ketones is 1. The van der Waals surface area contributed by atoms with Crippen LogP contribution in [0.3, 0.4) is 0 Å². The maximum atomic E-state index is 10.3. The average Bonchev–Trinajstić information content (AvgIpc) is 2.12. The average molecular weight is 110 g/mol. The Morgan fingerprint density at radius 3 is 2.88 bits per heavy atom. The quantitative estimate of drug-likeness (QED) is 0.499. The molecule has 0 saturated carbocycles. The van der Waals surface area contributed by atoms with Crippen molar-refractivity contribution in [3.8, 4) is 0 Å². The smallest absolute Gasteiger partial charge is 0.168 e. The third kappa shape index (κ3) is 0.753. The molecule has 3 nitrogen and oxygen atoms in total. The molecule has 1 aromatic rings. The van der Waals surface area contributed by atoms with E-state index < -0.39 is 0 Å². The number of hydrogen-bond donors (Lipinski definition) is 0. The molecule has 0 aliphatic heterocycles. The van der Waals surface area contributed by atoms with E-state index in [-0.39, 0.29) is 5.78 Å². The van der Waals surface area contributed by atoms with E-state index in [0.29, 0.717) is 5.56 Å². The number of hydrogen-bond acceptors (Lipinski definition) is 3. The fourth-order valence-corrected chi connectivity index (χ4v) is 0.343. The molecule has 1 aromatic heterocycles. The molecule has 0 spiro atoms. The van der Waals surface area contributed by atoms with Crippen molar-refractivity contribution < 1.29 is 9.32 Å². The second-order valence-electron chi connectivity index (χ2n) is 1.34. The highest BCUT2D eigenvalue weighted by atomic mass is 16.5. The summed E-state index contributed by atoms with van der Waals surface area (Å²) in [4.78, 5) is 10.3. The maximum Gasteiger partial charge on any atom is 0.168 e. The largest absolute Gasteiger partial charge is 0.364 e. The molecule has 1 heterocycles. The van der Waals surface area contributed by atoms with Gasteiger partial charge in [-0.25, -0.2) is 0 Å². The van der Waals surface area contributed by atoms with Gasteiger partial charge < -0.3 is 4.52 Å². The molecule has 1 rings (SSSR count). The Morgan fingerprint density at radius 1 is 1.88 bits per heavy atom.